The van der Waals surface area contributed by atoms with Gasteiger partial charge in [-0.15, -0.1) is 0 Å². The Kier molecular flexibility index (Phi) is 4.67. The van der Waals surface area contributed by atoms with Crippen molar-refractivity contribution in [1.29, 1.82) is 0 Å². The Morgan fingerprint density at radius 2 is 1.95 bits per heavy atom. The Bertz CT molecular complexity index is 638. The van der Waals surface area contributed by atoms with Crippen LogP contribution in [0, 0.1) is 6.92 Å². The Morgan fingerprint density at radius 3 is 2.63 bits per heavy atom. The summed E-state index contributed by atoms with van der Waals surface area (Å²) in [6.45, 7) is 1.91. The van der Waals surface area contributed by atoms with Crippen LogP contribution in [0.25, 0.3) is 0 Å². The number of hydrogen-bond donors (Lipinski definition) is 0. The van der Waals surface area contributed by atoms with Crippen LogP contribution in [-0.2, 0) is 6.42 Å². The van der Waals surface area contributed by atoms with E-state index in [1.54, 1.807) is 12.1 Å². The van der Waals surface area contributed by atoms with E-state index in [1.165, 1.54) is 0 Å². The fraction of sp³-hybridized carbons (Fsp3) is 0.133. The molecular weight excluding hydrogens is 347 g/mol. The second-order valence-electron chi connectivity index (χ2n) is 4.27. The van der Waals surface area contributed by atoms with Gasteiger partial charge in [-0.2, -0.15) is 0 Å². The molecule has 0 N–H and O–H groups in total. The van der Waals surface area contributed by atoms with Gasteiger partial charge >= 0.3 is 0 Å². The van der Waals surface area contributed by atoms with Crippen molar-refractivity contribution in [3.05, 3.63) is 67.6 Å². The molecule has 1 nitrogen and oxygen atoms in total. The number of benzene rings is 2. The first-order valence-electron chi connectivity index (χ1n) is 5.71. The Labute approximate surface area is 130 Å². The van der Waals surface area contributed by atoms with Crippen molar-refractivity contribution < 1.29 is 4.79 Å². The molecule has 0 heterocycles. The average molecular weight is 358 g/mol. The zero-order valence-electron chi connectivity index (χ0n) is 10.2. The summed E-state index contributed by atoms with van der Waals surface area (Å²) in [7, 11) is 0. The van der Waals surface area contributed by atoms with Gasteiger partial charge in [0.15, 0.2) is 5.78 Å². The number of carbonyl (C=O) groups is 1. The molecule has 0 aliphatic rings. The summed E-state index contributed by atoms with van der Waals surface area (Å²) < 4.78 is 0.960. The van der Waals surface area contributed by atoms with Crippen LogP contribution in [0.4, 0.5) is 0 Å². The van der Waals surface area contributed by atoms with Crippen molar-refractivity contribution in [2.24, 2.45) is 0 Å². The molecule has 0 saturated heterocycles. The lowest BCUT2D eigenvalue weighted by Crippen LogP contribution is -2.06. The molecule has 4 heteroatoms. The molecule has 98 valence electrons. The smallest absolute Gasteiger partial charge is 0.167 e. The highest BCUT2D eigenvalue weighted by molar-refractivity contribution is 9.10. The quantitative estimate of drug-likeness (QED) is 0.664. The summed E-state index contributed by atoms with van der Waals surface area (Å²) in [4.78, 5) is 12.3. The number of aryl methyl sites for hydroxylation is 1. The van der Waals surface area contributed by atoms with Crippen molar-refractivity contribution in [2.75, 3.05) is 0 Å². The maximum atomic E-state index is 12.3. The van der Waals surface area contributed by atoms with Crippen molar-refractivity contribution in [1.82, 2.24) is 0 Å². The van der Waals surface area contributed by atoms with Gasteiger partial charge in [-0.25, -0.2) is 0 Å². The van der Waals surface area contributed by atoms with E-state index in [9.17, 15) is 4.79 Å². The van der Waals surface area contributed by atoms with E-state index in [-0.39, 0.29) is 12.2 Å². The third-order valence-corrected chi connectivity index (χ3v) is 4.22. The van der Waals surface area contributed by atoms with Crippen LogP contribution in [0.2, 0.25) is 10.0 Å². The van der Waals surface area contributed by atoms with E-state index < -0.39 is 0 Å². The van der Waals surface area contributed by atoms with Gasteiger partial charge in [0.25, 0.3) is 0 Å². The number of ketones is 1. The molecule has 0 aliphatic carbocycles. The van der Waals surface area contributed by atoms with Gasteiger partial charge in [0.1, 0.15) is 0 Å². The molecule has 2 aromatic rings. The lowest BCUT2D eigenvalue weighted by molar-refractivity contribution is 0.0992. The Morgan fingerprint density at radius 1 is 1.21 bits per heavy atom. The van der Waals surface area contributed by atoms with E-state index in [2.05, 4.69) is 15.9 Å². The zero-order chi connectivity index (χ0) is 14.0. The van der Waals surface area contributed by atoms with Crippen LogP contribution < -0.4 is 0 Å². The first-order chi connectivity index (χ1) is 8.99. The second kappa shape index (κ2) is 6.08. The summed E-state index contributed by atoms with van der Waals surface area (Å²) in [5.74, 6) is 0.0363. The molecule has 0 radical (unpaired) electrons. The maximum absolute atomic E-state index is 12.3. The summed E-state index contributed by atoms with van der Waals surface area (Å²) in [6.07, 6.45) is 0.252. The van der Waals surface area contributed by atoms with Crippen molar-refractivity contribution >= 4 is 44.9 Å². The van der Waals surface area contributed by atoms with Crippen LogP contribution in [0.1, 0.15) is 21.5 Å². The van der Waals surface area contributed by atoms with Crippen LogP contribution >= 0.6 is 39.1 Å². The fourth-order valence-corrected chi connectivity index (χ4v) is 2.76. The van der Waals surface area contributed by atoms with E-state index in [4.69, 9.17) is 23.2 Å². The number of carbonyl (C=O) groups excluding carboxylic acids is 1. The first-order valence-corrected chi connectivity index (χ1v) is 7.26. The van der Waals surface area contributed by atoms with Gasteiger partial charge in [-0.05, 0) is 36.2 Å². The second-order valence-corrected chi connectivity index (χ2v) is 5.97. The molecule has 2 rings (SSSR count). The van der Waals surface area contributed by atoms with Gasteiger partial charge < -0.3 is 0 Å². The predicted octanol–water partition coefficient (Wildman–Crippen LogP) is 5.49. The summed E-state index contributed by atoms with van der Waals surface area (Å²) in [5.41, 5.74) is 2.40. The van der Waals surface area contributed by atoms with Crippen molar-refractivity contribution in [3.63, 3.8) is 0 Å². The molecule has 0 fully saturated rings. The molecule has 0 amide bonds. The zero-order valence-corrected chi connectivity index (χ0v) is 13.3. The Hall–Kier alpha value is -0.830. The maximum Gasteiger partial charge on any atom is 0.167 e. The van der Waals surface area contributed by atoms with Gasteiger partial charge in [0.2, 0.25) is 0 Å². The SMILES string of the molecule is Cc1cc(Br)ccc1C(=O)Cc1cccc(Cl)c1Cl. The Balaban J connectivity index is 2.28. The minimum Gasteiger partial charge on any atom is -0.294 e. The lowest BCUT2D eigenvalue weighted by Gasteiger charge is -2.08. The molecule has 19 heavy (non-hydrogen) atoms. The largest absolute Gasteiger partial charge is 0.294 e. The van der Waals surface area contributed by atoms with Gasteiger partial charge in [0.05, 0.1) is 10.0 Å². The van der Waals surface area contributed by atoms with E-state index in [1.807, 2.05) is 31.2 Å². The summed E-state index contributed by atoms with van der Waals surface area (Å²) in [6, 6.07) is 10.9. The predicted molar refractivity (Wildman–Crippen MR) is 83.4 cm³/mol. The number of halogens is 3. The molecule has 0 saturated carbocycles. The van der Waals surface area contributed by atoms with Gasteiger partial charge in [-0.3, -0.25) is 4.79 Å². The monoisotopic (exact) mass is 356 g/mol. The first kappa shape index (κ1) is 14.6. The van der Waals surface area contributed by atoms with E-state index in [0.29, 0.717) is 15.6 Å². The molecule has 0 aliphatic heterocycles. The van der Waals surface area contributed by atoms with E-state index >= 15 is 0 Å². The van der Waals surface area contributed by atoms with E-state index in [0.717, 1.165) is 15.6 Å². The number of rotatable bonds is 3. The standard InChI is InChI=1S/C15H11BrCl2O/c1-9-7-11(16)5-6-12(9)14(19)8-10-3-2-4-13(17)15(10)18/h2-7H,8H2,1H3. The third kappa shape index (κ3) is 3.38. The normalized spacial score (nSPS) is 10.5. The number of Topliss-reactive ketones (excluding diaryl/α,β-unsaturated/α-hetero) is 1. The average Bonchev–Trinajstić information content (AvgIpc) is 2.34. The minimum absolute atomic E-state index is 0.0363. The van der Waals surface area contributed by atoms with Crippen LogP contribution in [0.15, 0.2) is 40.9 Å². The molecule has 0 aromatic heterocycles. The van der Waals surface area contributed by atoms with Crippen molar-refractivity contribution in [2.45, 2.75) is 13.3 Å². The minimum atomic E-state index is 0.0363. The highest BCUT2D eigenvalue weighted by Gasteiger charge is 2.13. The number of hydrogen-bond acceptors (Lipinski definition) is 1. The highest BCUT2D eigenvalue weighted by atomic mass is 79.9. The summed E-state index contributed by atoms with van der Waals surface area (Å²) >= 11 is 15.4. The molecule has 0 spiro atoms. The topological polar surface area (TPSA) is 17.1 Å². The molecule has 2 aromatic carbocycles. The third-order valence-electron chi connectivity index (χ3n) is 2.87. The fourth-order valence-electron chi connectivity index (χ4n) is 1.89. The van der Waals surface area contributed by atoms with Gasteiger partial charge in [0, 0.05) is 16.5 Å². The van der Waals surface area contributed by atoms with Crippen LogP contribution in [-0.4, -0.2) is 5.78 Å². The molecule has 0 atom stereocenters. The molecule has 0 bridgehead atoms. The van der Waals surface area contributed by atoms with Crippen LogP contribution in [0.5, 0.6) is 0 Å². The summed E-state index contributed by atoms with van der Waals surface area (Å²) in [5, 5.41) is 0.923. The van der Waals surface area contributed by atoms with Gasteiger partial charge in [-0.1, -0.05) is 57.3 Å². The van der Waals surface area contributed by atoms with Crippen molar-refractivity contribution in [3.8, 4) is 0 Å². The highest BCUT2D eigenvalue weighted by Crippen LogP contribution is 2.27. The van der Waals surface area contributed by atoms with Crippen LogP contribution in [0.3, 0.4) is 0 Å². The molecule has 0 unspecified atom stereocenters. The molecular formula is C15H11BrCl2O. The lowest BCUT2D eigenvalue weighted by atomic mass is 9.99.